The van der Waals surface area contributed by atoms with Crippen molar-refractivity contribution in [1.29, 1.82) is 0 Å². The zero-order valence-corrected chi connectivity index (χ0v) is 12.4. The normalized spacial score (nSPS) is 10.1. The van der Waals surface area contributed by atoms with E-state index in [-0.39, 0.29) is 12.1 Å². The van der Waals surface area contributed by atoms with Crippen molar-refractivity contribution in [3.8, 4) is 0 Å². The highest BCUT2D eigenvalue weighted by Crippen LogP contribution is 2.09. The molecule has 0 atom stereocenters. The molecule has 0 spiro atoms. The molecule has 0 saturated heterocycles. The number of aryl methyl sites for hydroxylation is 1. The van der Waals surface area contributed by atoms with Crippen LogP contribution in [0.3, 0.4) is 0 Å². The van der Waals surface area contributed by atoms with Gasteiger partial charge in [0.1, 0.15) is 0 Å². The van der Waals surface area contributed by atoms with E-state index in [0.717, 1.165) is 5.69 Å². The zero-order chi connectivity index (χ0) is 16.8. The maximum atomic E-state index is 11.7. The minimum Gasteiger partial charge on any atom is -0.478 e. The third-order valence-electron chi connectivity index (χ3n) is 3.00. The maximum absolute atomic E-state index is 11.7. The van der Waals surface area contributed by atoms with Gasteiger partial charge in [-0.05, 0) is 37.3 Å². The molecule has 23 heavy (non-hydrogen) atoms. The first-order valence-electron chi connectivity index (χ1n) is 6.88. The molecule has 2 aromatic rings. The van der Waals surface area contributed by atoms with Crippen molar-refractivity contribution in [1.82, 2.24) is 15.1 Å². The first kappa shape index (κ1) is 16.2. The Morgan fingerprint density at radius 3 is 2.39 bits per heavy atom. The summed E-state index contributed by atoms with van der Waals surface area (Å²) >= 11 is 0. The Morgan fingerprint density at radius 1 is 1.13 bits per heavy atom. The van der Waals surface area contributed by atoms with Crippen LogP contribution >= 0.6 is 0 Å². The molecule has 1 aromatic heterocycles. The number of amides is 2. The summed E-state index contributed by atoms with van der Waals surface area (Å²) in [7, 11) is 0. The summed E-state index contributed by atoms with van der Waals surface area (Å²) in [4.78, 5) is 34.1. The average molecular weight is 316 g/mol. The minimum absolute atomic E-state index is 0.0990. The van der Waals surface area contributed by atoms with Crippen molar-refractivity contribution in [3.05, 3.63) is 47.8 Å². The molecule has 0 fully saturated rings. The SMILES string of the molecule is Cc1ccn(CCNC(=O)C(=O)Nc2ccc(C(=O)O)cc2)n1. The van der Waals surface area contributed by atoms with Gasteiger partial charge in [0.25, 0.3) is 0 Å². The second kappa shape index (κ2) is 7.21. The number of carbonyl (C=O) groups is 3. The van der Waals surface area contributed by atoms with E-state index in [2.05, 4.69) is 15.7 Å². The van der Waals surface area contributed by atoms with Crippen molar-refractivity contribution in [3.63, 3.8) is 0 Å². The highest BCUT2D eigenvalue weighted by Gasteiger charge is 2.13. The summed E-state index contributed by atoms with van der Waals surface area (Å²) in [6.45, 7) is 2.59. The largest absolute Gasteiger partial charge is 0.478 e. The highest BCUT2D eigenvalue weighted by atomic mass is 16.4. The molecule has 0 aliphatic rings. The van der Waals surface area contributed by atoms with Crippen LogP contribution in [0.5, 0.6) is 0 Å². The molecule has 0 unspecified atom stereocenters. The van der Waals surface area contributed by atoms with Crippen LogP contribution in [0.2, 0.25) is 0 Å². The van der Waals surface area contributed by atoms with Crippen LogP contribution in [-0.2, 0) is 16.1 Å². The molecule has 0 aliphatic carbocycles. The van der Waals surface area contributed by atoms with Crippen molar-refractivity contribution in [2.45, 2.75) is 13.5 Å². The van der Waals surface area contributed by atoms with Crippen molar-refractivity contribution < 1.29 is 19.5 Å². The summed E-state index contributed by atoms with van der Waals surface area (Å²) in [6.07, 6.45) is 1.78. The first-order chi connectivity index (χ1) is 11.0. The van der Waals surface area contributed by atoms with Crippen LogP contribution in [0, 0.1) is 6.92 Å². The van der Waals surface area contributed by atoms with Gasteiger partial charge in [0.15, 0.2) is 0 Å². The monoisotopic (exact) mass is 316 g/mol. The van der Waals surface area contributed by atoms with Crippen molar-refractivity contribution in [2.75, 3.05) is 11.9 Å². The Labute approximate surface area is 132 Å². The van der Waals surface area contributed by atoms with Gasteiger partial charge in [-0.25, -0.2) is 4.79 Å². The lowest BCUT2D eigenvalue weighted by atomic mass is 10.2. The molecular weight excluding hydrogens is 300 g/mol. The van der Waals surface area contributed by atoms with Crippen LogP contribution in [0.4, 0.5) is 5.69 Å². The summed E-state index contributed by atoms with van der Waals surface area (Å²) in [6, 6.07) is 7.36. The van der Waals surface area contributed by atoms with Crippen LogP contribution in [0.15, 0.2) is 36.5 Å². The average Bonchev–Trinajstić information content (AvgIpc) is 2.93. The summed E-state index contributed by atoms with van der Waals surface area (Å²) < 4.78 is 1.66. The molecule has 2 amide bonds. The van der Waals surface area contributed by atoms with Crippen molar-refractivity contribution >= 4 is 23.5 Å². The quantitative estimate of drug-likeness (QED) is 0.701. The van der Waals surface area contributed by atoms with Crippen LogP contribution < -0.4 is 10.6 Å². The van der Waals surface area contributed by atoms with Gasteiger partial charge in [0.2, 0.25) is 0 Å². The van der Waals surface area contributed by atoms with Crippen LogP contribution in [0.1, 0.15) is 16.1 Å². The number of hydrogen-bond donors (Lipinski definition) is 3. The van der Waals surface area contributed by atoms with Crippen LogP contribution in [-0.4, -0.2) is 39.2 Å². The van der Waals surface area contributed by atoms with E-state index in [0.29, 0.717) is 12.2 Å². The number of benzene rings is 1. The fraction of sp³-hybridized carbons (Fsp3) is 0.200. The number of carboxylic acid groups (broad SMARTS) is 1. The topological polar surface area (TPSA) is 113 Å². The van der Waals surface area contributed by atoms with Gasteiger partial charge in [-0.3, -0.25) is 14.3 Å². The van der Waals surface area contributed by atoms with Gasteiger partial charge in [0, 0.05) is 18.4 Å². The van der Waals surface area contributed by atoms with E-state index in [1.54, 1.807) is 10.9 Å². The third kappa shape index (κ3) is 4.67. The molecular formula is C15H16N4O4. The highest BCUT2D eigenvalue weighted by molar-refractivity contribution is 6.39. The number of nitrogens with zero attached hydrogens (tertiary/aromatic N) is 2. The second-order valence-corrected chi connectivity index (χ2v) is 4.81. The molecule has 0 saturated carbocycles. The predicted molar refractivity (Wildman–Crippen MR) is 82.0 cm³/mol. The number of carbonyl (C=O) groups excluding carboxylic acids is 2. The van der Waals surface area contributed by atoms with Crippen LogP contribution in [0.25, 0.3) is 0 Å². The Morgan fingerprint density at radius 2 is 1.83 bits per heavy atom. The Kier molecular flexibility index (Phi) is 5.08. The molecule has 120 valence electrons. The Hall–Kier alpha value is -3.16. The molecule has 2 rings (SSSR count). The minimum atomic E-state index is -1.06. The smallest absolute Gasteiger partial charge is 0.335 e. The van der Waals surface area contributed by atoms with Gasteiger partial charge in [0.05, 0.1) is 17.8 Å². The molecule has 1 aromatic carbocycles. The second-order valence-electron chi connectivity index (χ2n) is 4.81. The van der Waals surface area contributed by atoms with Gasteiger partial charge < -0.3 is 15.7 Å². The molecule has 1 heterocycles. The van der Waals surface area contributed by atoms with E-state index in [1.165, 1.54) is 24.3 Å². The number of hydrogen-bond acceptors (Lipinski definition) is 4. The molecule has 0 aliphatic heterocycles. The number of carboxylic acids is 1. The fourth-order valence-electron chi connectivity index (χ4n) is 1.84. The number of aromatic carboxylic acids is 1. The fourth-order valence-corrected chi connectivity index (χ4v) is 1.84. The Balaban J connectivity index is 1.80. The molecule has 8 heteroatoms. The summed E-state index contributed by atoms with van der Waals surface area (Å²) in [5.74, 6) is -2.64. The number of anilines is 1. The van der Waals surface area contributed by atoms with E-state index in [9.17, 15) is 14.4 Å². The lowest BCUT2D eigenvalue weighted by Crippen LogP contribution is -2.37. The molecule has 3 N–H and O–H groups in total. The van der Waals surface area contributed by atoms with E-state index in [4.69, 9.17) is 5.11 Å². The number of aromatic nitrogens is 2. The lowest BCUT2D eigenvalue weighted by molar-refractivity contribution is -0.136. The lowest BCUT2D eigenvalue weighted by Gasteiger charge is -2.07. The standard InChI is InChI=1S/C15H16N4O4/c1-10-6-8-19(18-10)9-7-16-13(20)14(21)17-12-4-2-11(3-5-12)15(22)23/h2-6,8H,7,9H2,1H3,(H,16,20)(H,17,21)(H,22,23). The molecule has 0 radical (unpaired) electrons. The van der Waals surface area contributed by atoms with E-state index < -0.39 is 17.8 Å². The van der Waals surface area contributed by atoms with E-state index >= 15 is 0 Å². The third-order valence-corrected chi connectivity index (χ3v) is 3.00. The van der Waals surface area contributed by atoms with Gasteiger partial charge in [-0.15, -0.1) is 0 Å². The number of nitrogens with one attached hydrogen (secondary N) is 2. The first-order valence-corrected chi connectivity index (χ1v) is 6.88. The maximum Gasteiger partial charge on any atom is 0.335 e. The Bertz CT molecular complexity index is 721. The van der Waals surface area contributed by atoms with Crippen molar-refractivity contribution in [2.24, 2.45) is 0 Å². The number of rotatable bonds is 5. The molecule has 0 bridgehead atoms. The summed E-state index contributed by atoms with van der Waals surface area (Å²) in [5.41, 5.74) is 1.32. The predicted octanol–water partition coefficient (Wildman–Crippen LogP) is 0.645. The summed E-state index contributed by atoms with van der Waals surface area (Å²) in [5, 5.41) is 17.8. The molecule has 8 nitrogen and oxygen atoms in total. The van der Waals surface area contributed by atoms with Gasteiger partial charge >= 0.3 is 17.8 Å². The zero-order valence-electron chi connectivity index (χ0n) is 12.4. The van der Waals surface area contributed by atoms with Gasteiger partial charge in [-0.2, -0.15) is 5.10 Å². The van der Waals surface area contributed by atoms with E-state index in [1.807, 2.05) is 13.0 Å². The van der Waals surface area contributed by atoms with Gasteiger partial charge in [-0.1, -0.05) is 0 Å².